The second-order valence-corrected chi connectivity index (χ2v) is 9.30. The summed E-state index contributed by atoms with van der Waals surface area (Å²) in [6.45, 7) is 1.58. The Labute approximate surface area is 197 Å². The van der Waals surface area contributed by atoms with E-state index in [1.807, 2.05) is 11.0 Å². The molecule has 2 aromatic rings. The summed E-state index contributed by atoms with van der Waals surface area (Å²) in [6, 6.07) is 4.76. The maximum absolute atomic E-state index is 13.3. The molecule has 33 heavy (non-hydrogen) atoms. The zero-order chi connectivity index (χ0) is 22.9. The normalized spacial score (nSPS) is 18.0. The number of carbonyl (C=O) groups excluding carboxylic acids is 3. The first kappa shape index (κ1) is 21.8. The summed E-state index contributed by atoms with van der Waals surface area (Å²) in [5.74, 6) is -0.581. The number of likely N-dealkylation sites (tertiary alicyclic amines) is 1. The van der Waals surface area contributed by atoms with Gasteiger partial charge in [0.2, 0.25) is 0 Å². The predicted molar refractivity (Wildman–Crippen MR) is 124 cm³/mol. The number of rotatable bonds is 2. The van der Waals surface area contributed by atoms with Crippen molar-refractivity contribution in [2.75, 3.05) is 18.0 Å². The van der Waals surface area contributed by atoms with E-state index >= 15 is 0 Å². The van der Waals surface area contributed by atoms with Gasteiger partial charge in [-0.2, -0.15) is 0 Å². The van der Waals surface area contributed by atoms with Crippen molar-refractivity contribution < 1.29 is 14.4 Å². The number of halogens is 1. The van der Waals surface area contributed by atoms with Crippen molar-refractivity contribution in [2.45, 2.75) is 57.5 Å². The Balaban J connectivity index is 1.40. The topological polar surface area (TPSA) is 99.6 Å². The molecular formula is C23H27ClN6O3. The van der Waals surface area contributed by atoms with E-state index in [2.05, 4.69) is 15.6 Å². The minimum absolute atomic E-state index is 0.0904. The van der Waals surface area contributed by atoms with Gasteiger partial charge in [-0.25, -0.2) is 14.6 Å². The van der Waals surface area contributed by atoms with E-state index in [0.29, 0.717) is 35.2 Å². The number of urea groups is 2. The van der Waals surface area contributed by atoms with E-state index in [0.717, 1.165) is 38.5 Å². The molecular weight excluding hydrogens is 444 g/mol. The zero-order valence-electron chi connectivity index (χ0n) is 18.3. The Bertz CT molecular complexity index is 1090. The Morgan fingerprint density at radius 2 is 1.76 bits per heavy atom. The molecule has 0 atom stereocenters. The number of imide groups is 1. The first-order chi connectivity index (χ1) is 16.0. The number of nitrogens with zero attached hydrogens (tertiary/aromatic N) is 4. The van der Waals surface area contributed by atoms with Gasteiger partial charge < -0.3 is 10.2 Å². The van der Waals surface area contributed by atoms with Gasteiger partial charge in [0.15, 0.2) is 5.69 Å². The Kier molecular flexibility index (Phi) is 5.97. The molecule has 1 aromatic heterocycles. The van der Waals surface area contributed by atoms with Crippen LogP contribution in [0.3, 0.4) is 0 Å². The third-order valence-electron chi connectivity index (χ3n) is 6.65. The van der Waals surface area contributed by atoms with Crippen LogP contribution in [0, 0.1) is 0 Å². The van der Waals surface area contributed by atoms with Crippen LogP contribution in [0.1, 0.15) is 61.1 Å². The smallest absolute Gasteiger partial charge is 0.324 e. The Morgan fingerprint density at radius 1 is 1.00 bits per heavy atom. The molecule has 1 aliphatic carbocycles. The number of hydrogen-bond donors (Lipinski definition) is 2. The molecule has 5 rings (SSSR count). The van der Waals surface area contributed by atoms with Gasteiger partial charge in [0.1, 0.15) is 6.33 Å². The fraction of sp³-hybridized carbons (Fsp3) is 0.478. The summed E-state index contributed by atoms with van der Waals surface area (Å²) < 4.78 is 1.79. The lowest BCUT2D eigenvalue weighted by Crippen LogP contribution is -2.46. The number of benzene rings is 1. The highest BCUT2D eigenvalue weighted by Gasteiger charge is 2.34. The summed E-state index contributed by atoms with van der Waals surface area (Å²) >= 11 is 6.24. The molecule has 3 aliphatic rings. The van der Waals surface area contributed by atoms with Crippen molar-refractivity contribution in [2.24, 2.45) is 0 Å². The maximum atomic E-state index is 13.3. The average molecular weight is 471 g/mol. The van der Waals surface area contributed by atoms with Crippen molar-refractivity contribution in [3.8, 4) is 5.69 Å². The molecule has 9 nitrogen and oxygen atoms in total. The zero-order valence-corrected chi connectivity index (χ0v) is 19.1. The number of imidazole rings is 1. The molecule has 1 aromatic carbocycles. The van der Waals surface area contributed by atoms with Crippen molar-refractivity contribution in [3.05, 3.63) is 40.9 Å². The van der Waals surface area contributed by atoms with Gasteiger partial charge in [-0.1, -0.05) is 30.9 Å². The van der Waals surface area contributed by atoms with Crippen LogP contribution < -0.4 is 15.5 Å². The van der Waals surface area contributed by atoms with Crippen LogP contribution in [0.5, 0.6) is 0 Å². The molecule has 1 saturated heterocycles. The number of amides is 5. The van der Waals surface area contributed by atoms with Gasteiger partial charge in [-0.3, -0.25) is 19.6 Å². The van der Waals surface area contributed by atoms with Gasteiger partial charge in [-0.15, -0.1) is 0 Å². The number of nitrogens with one attached hydrogen (secondary N) is 2. The number of anilines is 1. The molecule has 174 valence electrons. The minimum atomic E-state index is -0.581. The van der Waals surface area contributed by atoms with Crippen molar-refractivity contribution in [3.63, 3.8) is 0 Å². The standard InChI is InChI=1S/C23H27ClN6O3/c24-15-8-9-17-18(12-15)29(23(33)28-10-4-5-11-28)13-19-20(25-14-30(17)19)21(31)27-22(32)26-16-6-2-1-3-7-16/h8-9,12,14,16H,1-7,10-11,13H2,(H2,26,27,31,32). The molecule has 10 heteroatoms. The van der Waals surface area contributed by atoms with Crippen molar-refractivity contribution >= 4 is 35.3 Å². The van der Waals surface area contributed by atoms with Crippen molar-refractivity contribution in [1.29, 1.82) is 0 Å². The van der Waals surface area contributed by atoms with Crippen LogP contribution in [0.2, 0.25) is 5.02 Å². The fourth-order valence-electron chi connectivity index (χ4n) is 4.95. The summed E-state index contributed by atoms with van der Waals surface area (Å²) in [4.78, 5) is 46.4. The first-order valence-electron chi connectivity index (χ1n) is 11.6. The first-order valence-corrected chi connectivity index (χ1v) is 11.9. The van der Waals surface area contributed by atoms with Gasteiger partial charge in [-0.05, 0) is 43.9 Å². The highest BCUT2D eigenvalue weighted by Crippen LogP contribution is 2.36. The monoisotopic (exact) mass is 470 g/mol. The largest absolute Gasteiger partial charge is 0.335 e. The lowest BCUT2D eigenvalue weighted by molar-refractivity contribution is 0.0957. The van der Waals surface area contributed by atoms with Crippen LogP contribution in [-0.4, -0.2) is 51.6 Å². The van der Waals surface area contributed by atoms with Gasteiger partial charge in [0.25, 0.3) is 5.91 Å². The lowest BCUT2D eigenvalue weighted by atomic mass is 9.96. The molecule has 0 unspecified atom stereocenters. The Hall–Kier alpha value is -3.07. The van der Waals surface area contributed by atoms with E-state index in [1.165, 1.54) is 6.42 Å². The van der Waals surface area contributed by atoms with E-state index < -0.39 is 11.9 Å². The van der Waals surface area contributed by atoms with Crippen LogP contribution in [0.15, 0.2) is 24.5 Å². The average Bonchev–Trinajstić information content (AvgIpc) is 3.49. The van der Waals surface area contributed by atoms with Crippen LogP contribution >= 0.6 is 11.6 Å². The summed E-state index contributed by atoms with van der Waals surface area (Å²) in [5, 5.41) is 5.82. The van der Waals surface area contributed by atoms with Gasteiger partial charge in [0.05, 0.1) is 23.6 Å². The summed E-state index contributed by atoms with van der Waals surface area (Å²) in [6.07, 6.45) is 8.69. The molecule has 0 radical (unpaired) electrons. The van der Waals surface area contributed by atoms with E-state index in [9.17, 15) is 14.4 Å². The lowest BCUT2D eigenvalue weighted by Gasteiger charge is -2.33. The third kappa shape index (κ3) is 4.29. The Morgan fingerprint density at radius 3 is 2.52 bits per heavy atom. The summed E-state index contributed by atoms with van der Waals surface area (Å²) in [7, 11) is 0. The van der Waals surface area contributed by atoms with E-state index in [-0.39, 0.29) is 24.3 Å². The van der Waals surface area contributed by atoms with Crippen LogP contribution in [0.25, 0.3) is 5.69 Å². The molecule has 1 saturated carbocycles. The van der Waals surface area contributed by atoms with Gasteiger partial charge in [0, 0.05) is 24.2 Å². The predicted octanol–water partition coefficient (Wildman–Crippen LogP) is 3.83. The van der Waals surface area contributed by atoms with E-state index in [4.69, 9.17) is 11.6 Å². The molecule has 5 amide bonds. The van der Waals surface area contributed by atoms with Crippen LogP contribution in [-0.2, 0) is 6.54 Å². The number of fused-ring (bicyclic) bond motifs is 3. The van der Waals surface area contributed by atoms with Crippen LogP contribution in [0.4, 0.5) is 15.3 Å². The highest BCUT2D eigenvalue weighted by molar-refractivity contribution is 6.31. The molecule has 0 bridgehead atoms. The number of aromatic nitrogens is 2. The second kappa shape index (κ2) is 9.05. The van der Waals surface area contributed by atoms with E-state index in [1.54, 1.807) is 27.9 Å². The molecule has 2 N–H and O–H groups in total. The van der Waals surface area contributed by atoms with Crippen molar-refractivity contribution in [1.82, 2.24) is 25.1 Å². The maximum Gasteiger partial charge on any atom is 0.324 e. The molecule has 0 spiro atoms. The molecule has 2 fully saturated rings. The molecule has 3 heterocycles. The number of hydrogen-bond acceptors (Lipinski definition) is 4. The second-order valence-electron chi connectivity index (χ2n) is 8.87. The highest BCUT2D eigenvalue weighted by atomic mass is 35.5. The molecule has 2 aliphatic heterocycles. The number of carbonyl (C=O) groups is 3. The quantitative estimate of drug-likeness (QED) is 0.696. The summed E-state index contributed by atoms with van der Waals surface area (Å²) in [5.41, 5.74) is 2.08. The third-order valence-corrected chi connectivity index (χ3v) is 6.89. The SMILES string of the molecule is O=C(NC(=O)c1ncn2c1CN(C(=O)N1CCCC1)c1cc(Cl)ccc1-2)NC1CCCCC1. The minimum Gasteiger partial charge on any atom is -0.335 e. The van der Waals surface area contributed by atoms with Gasteiger partial charge >= 0.3 is 12.1 Å². The fourth-order valence-corrected chi connectivity index (χ4v) is 5.12.